The molecular formula is C21H34N4O3. The number of piperidine rings is 1. The molecule has 0 bridgehead atoms. The van der Waals surface area contributed by atoms with Crippen LogP contribution in [0.15, 0.2) is 27.8 Å². The Bertz CT molecular complexity index is 603. The lowest BCUT2D eigenvalue weighted by molar-refractivity contribution is -0.140. The molecule has 0 unspecified atom stereocenters. The van der Waals surface area contributed by atoms with Gasteiger partial charge in [0.2, 0.25) is 5.91 Å². The van der Waals surface area contributed by atoms with Gasteiger partial charge >= 0.3 is 0 Å². The van der Waals surface area contributed by atoms with E-state index in [1.54, 1.807) is 6.26 Å². The molecule has 1 N–H and O–H groups in total. The van der Waals surface area contributed by atoms with E-state index in [-0.39, 0.29) is 5.92 Å². The van der Waals surface area contributed by atoms with Crippen LogP contribution in [0.5, 0.6) is 0 Å². The highest BCUT2D eigenvalue weighted by molar-refractivity contribution is 5.82. The summed E-state index contributed by atoms with van der Waals surface area (Å²) in [6.45, 7) is 8.36. The number of rotatable bonds is 7. The Balaban J connectivity index is 1.49. The third kappa shape index (κ3) is 5.99. The molecule has 1 aromatic heterocycles. The zero-order valence-electron chi connectivity index (χ0n) is 17.1. The maximum atomic E-state index is 12.7. The van der Waals surface area contributed by atoms with E-state index in [4.69, 9.17) is 14.1 Å². The molecule has 2 aliphatic heterocycles. The van der Waals surface area contributed by atoms with Gasteiger partial charge < -0.3 is 24.3 Å². The number of nitrogens with one attached hydrogen (secondary N) is 1. The molecule has 3 rings (SSSR count). The fourth-order valence-electron chi connectivity index (χ4n) is 3.74. The van der Waals surface area contributed by atoms with Gasteiger partial charge in [-0.15, -0.1) is 0 Å². The summed E-state index contributed by atoms with van der Waals surface area (Å²) in [5.74, 6) is 2.39. The second kappa shape index (κ2) is 11.1. The maximum absolute atomic E-state index is 12.7. The smallest absolute Gasteiger partial charge is 0.225 e. The van der Waals surface area contributed by atoms with Crippen LogP contribution in [-0.4, -0.2) is 74.1 Å². The first kappa shape index (κ1) is 20.7. The number of aliphatic imine (C=N–C) groups is 1. The largest absolute Gasteiger partial charge is 0.469 e. The molecule has 7 nitrogen and oxygen atoms in total. The Kier molecular flexibility index (Phi) is 8.21. The van der Waals surface area contributed by atoms with Gasteiger partial charge in [0.25, 0.3) is 0 Å². The third-order valence-electron chi connectivity index (χ3n) is 5.47. The van der Waals surface area contributed by atoms with Crippen LogP contribution in [0.4, 0.5) is 0 Å². The minimum absolute atomic E-state index is 0.134. The monoisotopic (exact) mass is 390 g/mol. The van der Waals surface area contributed by atoms with Crippen molar-refractivity contribution in [3.8, 4) is 0 Å². The highest BCUT2D eigenvalue weighted by Gasteiger charge is 2.30. The van der Waals surface area contributed by atoms with Crippen molar-refractivity contribution >= 4 is 11.9 Å². The molecule has 156 valence electrons. The molecule has 0 saturated carbocycles. The maximum Gasteiger partial charge on any atom is 0.225 e. The van der Waals surface area contributed by atoms with Crippen LogP contribution in [0.1, 0.15) is 38.4 Å². The topological polar surface area (TPSA) is 70.3 Å². The zero-order valence-corrected chi connectivity index (χ0v) is 17.1. The minimum Gasteiger partial charge on any atom is -0.469 e. The predicted molar refractivity (Wildman–Crippen MR) is 109 cm³/mol. The van der Waals surface area contributed by atoms with Crippen molar-refractivity contribution in [1.82, 2.24) is 15.1 Å². The molecule has 3 heterocycles. The Hall–Kier alpha value is -2.02. The second-order valence-electron chi connectivity index (χ2n) is 7.51. The van der Waals surface area contributed by atoms with Crippen molar-refractivity contribution in [2.45, 2.75) is 39.0 Å². The molecular weight excluding hydrogens is 356 g/mol. The molecule has 28 heavy (non-hydrogen) atoms. The van der Waals surface area contributed by atoms with E-state index < -0.39 is 0 Å². The average Bonchev–Trinajstić information content (AvgIpc) is 3.26. The molecule has 0 atom stereocenters. The van der Waals surface area contributed by atoms with Gasteiger partial charge in [0.1, 0.15) is 5.76 Å². The summed E-state index contributed by atoms with van der Waals surface area (Å²) >= 11 is 0. The summed E-state index contributed by atoms with van der Waals surface area (Å²) < 4.78 is 10.8. The second-order valence-corrected chi connectivity index (χ2v) is 7.51. The number of hydrogen-bond donors (Lipinski definition) is 1. The number of furan rings is 1. The van der Waals surface area contributed by atoms with Gasteiger partial charge in [-0.1, -0.05) is 13.3 Å². The molecule has 0 aliphatic carbocycles. The standard InChI is InChI=1S/C21H34N4O3/c1-2-3-9-22-21(23-10-6-19-5-4-15-28-19)25-11-7-18(8-12-25)20(26)24-13-16-27-17-14-24/h4-5,15,18H,2-3,6-14,16-17H2,1H3,(H,22,23). The molecule has 0 spiro atoms. The molecule has 2 aliphatic rings. The lowest BCUT2D eigenvalue weighted by Crippen LogP contribution is -2.50. The Morgan fingerprint density at radius 2 is 2.00 bits per heavy atom. The Morgan fingerprint density at radius 1 is 1.21 bits per heavy atom. The summed E-state index contributed by atoms with van der Waals surface area (Å²) in [4.78, 5) is 21.8. The van der Waals surface area contributed by atoms with Gasteiger partial charge in [-0.25, -0.2) is 0 Å². The van der Waals surface area contributed by atoms with Crippen molar-refractivity contribution < 1.29 is 13.9 Å². The van der Waals surface area contributed by atoms with Crippen molar-refractivity contribution in [2.75, 3.05) is 52.5 Å². The Morgan fingerprint density at radius 3 is 2.68 bits per heavy atom. The van der Waals surface area contributed by atoms with Gasteiger partial charge in [-0.2, -0.15) is 0 Å². The summed E-state index contributed by atoms with van der Waals surface area (Å²) in [5, 5.41) is 3.50. The van der Waals surface area contributed by atoms with E-state index in [0.29, 0.717) is 19.1 Å². The van der Waals surface area contributed by atoms with Crippen molar-refractivity contribution in [3.63, 3.8) is 0 Å². The molecule has 1 amide bonds. The number of carbonyl (C=O) groups excluding carboxylic acids is 1. The van der Waals surface area contributed by atoms with Gasteiger partial charge in [0, 0.05) is 51.6 Å². The Labute approximate surface area is 168 Å². The van der Waals surface area contributed by atoms with Crippen LogP contribution in [0, 0.1) is 5.92 Å². The summed E-state index contributed by atoms with van der Waals surface area (Å²) in [6.07, 6.45) is 6.56. The van der Waals surface area contributed by atoms with E-state index in [0.717, 1.165) is 83.1 Å². The van der Waals surface area contributed by atoms with Crippen LogP contribution < -0.4 is 5.32 Å². The molecule has 2 fully saturated rings. The van der Waals surface area contributed by atoms with E-state index in [1.807, 2.05) is 17.0 Å². The first-order valence-corrected chi connectivity index (χ1v) is 10.7. The quantitative estimate of drug-likeness (QED) is 0.439. The van der Waals surface area contributed by atoms with Gasteiger partial charge in [-0.3, -0.25) is 9.79 Å². The van der Waals surface area contributed by atoms with Crippen molar-refractivity contribution in [3.05, 3.63) is 24.2 Å². The molecule has 0 radical (unpaired) electrons. The molecule has 0 aromatic carbocycles. The number of morpholine rings is 1. The zero-order chi connectivity index (χ0) is 19.6. The van der Waals surface area contributed by atoms with E-state index in [1.165, 1.54) is 0 Å². The van der Waals surface area contributed by atoms with E-state index in [2.05, 4.69) is 17.1 Å². The van der Waals surface area contributed by atoms with Gasteiger partial charge in [0.05, 0.1) is 19.5 Å². The van der Waals surface area contributed by atoms with Crippen molar-refractivity contribution in [1.29, 1.82) is 0 Å². The summed E-state index contributed by atoms with van der Waals surface area (Å²) in [7, 11) is 0. The number of nitrogens with zero attached hydrogens (tertiary/aromatic N) is 3. The molecule has 7 heteroatoms. The SMILES string of the molecule is CCCCN=C(NCCc1ccco1)N1CCC(C(=O)N2CCOCC2)CC1. The van der Waals surface area contributed by atoms with Gasteiger partial charge in [-0.05, 0) is 31.4 Å². The number of likely N-dealkylation sites (tertiary alicyclic amines) is 1. The fraction of sp³-hybridized carbons (Fsp3) is 0.714. The van der Waals surface area contributed by atoms with Crippen LogP contribution >= 0.6 is 0 Å². The van der Waals surface area contributed by atoms with E-state index >= 15 is 0 Å². The van der Waals surface area contributed by atoms with Gasteiger partial charge in [0.15, 0.2) is 5.96 Å². The number of carbonyl (C=O) groups is 1. The fourth-order valence-corrected chi connectivity index (χ4v) is 3.74. The predicted octanol–water partition coefficient (Wildman–Crippen LogP) is 2.14. The number of guanidine groups is 1. The number of ether oxygens (including phenoxy) is 1. The number of unbranched alkanes of at least 4 members (excludes halogenated alkanes) is 1. The normalized spacial score (nSPS) is 19.1. The van der Waals surface area contributed by atoms with Crippen LogP contribution in [0.25, 0.3) is 0 Å². The number of hydrogen-bond acceptors (Lipinski definition) is 4. The highest BCUT2D eigenvalue weighted by Crippen LogP contribution is 2.20. The summed E-state index contributed by atoms with van der Waals surface area (Å²) in [5.41, 5.74) is 0. The van der Waals surface area contributed by atoms with Crippen LogP contribution in [0.3, 0.4) is 0 Å². The lowest BCUT2D eigenvalue weighted by atomic mass is 9.95. The highest BCUT2D eigenvalue weighted by atomic mass is 16.5. The molecule has 2 saturated heterocycles. The first-order valence-electron chi connectivity index (χ1n) is 10.7. The number of amides is 1. The average molecular weight is 391 g/mol. The van der Waals surface area contributed by atoms with Crippen LogP contribution in [-0.2, 0) is 16.0 Å². The summed E-state index contributed by atoms with van der Waals surface area (Å²) in [6, 6.07) is 3.92. The third-order valence-corrected chi connectivity index (χ3v) is 5.47. The van der Waals surface area contributed by atoms with Crippen LogP contribution in [0.2, 0.25) is 0 Å². The van der Waals surface area contributed by atoms with E-state index in [9.17, 15) is 4.79 Å². The molecule has 1 aromatic rings. The van der Waals surface area contributed by atoms with Crippen molar-refractivity contribution in [2.24, 2.45) is 10.9 Å². The lowest BCUT2D eigenvalue weighted by Gasteiger charge is -2.36. The first-order chi connectivity index (χ1) is 13.8. The minimum atomic E-state index is 0.134.